The number of hydrogen-bond donors (Lipinski definition) is 1. The summed E-state index contributed by atoms with van der Waals surface area (Å²) in [6, 6.07) is 14.9. The van der Waals surface area contributed by atoms with Crippen LogP contribution in [0, 0.1) is 0 Å². The molecule has 1 heterocycles. The van der Waals surface area contributed by atoms with E-state index >= 15 is 0 Å². The molecule has 3 aliphatic rings. The van der Waals surface area contributed by atoms with E-state index in [1.807, 2.05) is 36.5 Å². The molecule has 152 valence electrons. The Hall–Kier alpha value is -3.21. The molecule has 1 aliphatic heterocycles. The van der Waals surface area contributed by atoms with Crippen molar-refractivity contribution in [3.05, 3.63) is 70.8 Å². The summed E-state index contributed by atoms with van der Waals surface area (Å²) in [5.74, 6) is -0.869. The Labute approximate surface area is 175 Å². The van der Waals surface area contributed by atoms with E-state index in [2.05, 4.69) is 9.89 Å². The summed E-state index contributed by atoms with van der Waals surface area (Å²) in [6.45, 7) is 0.832. The van der Waals surface area contributed by atoms with Gasteiger partial charge in [0, 0.05) is 23.9 Å². The number of carbonyl (C=O) groups is 2. The highest BCUT2D eigenvalue weighted by molar-refractivity contribution is 5.98. The zero-order valence-electron chi connectivity index (χ0n) is 16.8. The van der Waals surface area contributed by atoms with Crippen LogP contribution in [0.1, 0.15) is 52.8 Å². The van der Waals surface area contributed by atoms with Gasteiger partial charge >= 0.3 is 5.97 Å². The predicted molar refractivity (Wildman–Crippen MR) is 116 cm³/mol. The molecule has 1 saturated carbocycles. The number of rotatable bonds is 5. The molecule has 30 heavy (non-hydrogen) atoms. The fourth-order valence-electron chi connectivity index (χ4n) is 4.67. The zero-order chi connectivity index (χ0) is 20.7. The second kappa shape index (κ2) is 7.56. The maximum absolute atomic E-state index is 13.4. The van der Waals surface area contributed by atoms with Gasteiger partial charge in [-0.15, -0.1) is 0 Å². The molecule has 1 amide bonds. The summed E-state index contributed by atoms with van der Waals surface area (Å²) in [5.41, 5.74) is 5.16. The smallest absolute Gasteiger partial charge is 0.336 e. The molecule has 5 nitrogen and oxygen atoms in total. The topological polar surface area (TPSA) is 70.0 Å². The van der Waals surface area contributed by atoms with Gasteiger partial charge < -0.3 is 10.0 Å². The molecule has 1 N–H and O–H groups in total. The van der Waals surface area contributed by atoms with E-state index in [9.17, 15) is 14.7 Å². The third-order valence-corrected chi connectivity index (χ3v) is 6.39. The molecule has 2 aromatic rings. The average molecular weight is 400 g/mol. The number of nitrogens with zero attached hydrogens (tertiary/aromatic N) is 2. The molecule has 2 aromatic carbocycles. The summed E-state index contributed by atoms with van der Waals surface area (Å²) in [5, 5.41) is 9.45. The van der Waals surface area contributed by atoms with Gasteiger partial charge in [-0.1, -0.05) is 30.3 Å². The Morgan fingerprint density at radius 3 is 2.47 bits per heavy atom. The van der Waals surface area contributed by atoms with Crippen LogP contribution < -0.4 is 0 Å². The SMILES string of the molecule is O=C(O)c1ccccc1-c1ccc(C(=O)N(C2CC2)C2CCC3=C(C=NC3)C2)cc1. The molecule has 1 fully saturated rings. The summed E-state index contributed by atoms with van der Waals surface area (Å²) in [7, 11) is 0. The first kappa shape index (κ1) is 18.8. The number of carboxylic acid groups (broad SMARTS) is 1. The van der Waals surface area contributed by atoms with Gasteiger partial charge in [0.1, 0.15) is 0 Å². The summed E-state index contributed by atoms with van der Waals surface area (Å²) < 4.78 is 0. The van der Waals surface area contributed by atoms with Crippen LogP contribution in [0.25, 0.3) is 11.1 Å². The molecule has 0 spiro atoms. The molecule has 1 atom stereocenters. The predicted octanol–water partition coefficient (Wildman–Crippen LogP) is 4.59. The van der Waals surface area contributed by atoms with Crippen molar-refractivity contribution in [2.75, 3.05) is 6.54 Å². The van der Waals surface area contributed by atoms with E-state index in [4.69, 9.17) is 0 Å². The lowest BCUT2D eigenvalue weighted by Gasteiger charge is -2.35. The number of carbonyl (C=O) groups excluding carboxylic acids is 1. The second-order valence-corrected chi connectivity index (χ2v) is 8.37. The minimum Gasteiger partial charge on any atom is -0.478 e. The maximum atomic E-state index is 13.4. The molecule has 0 saturated heterocycles. The summed E-state index contributed by atoms with van der Waals surface area (Å²) >= 11 is 0. The van der Waals surface area contributed by atoms with E-state index in [1.165, 1.54) is 11.1 Å². The molecule has 1 unspecified atom stereocenters. The lowest BCUT2D eigenvalue weighted by Crippen LogP contribution is -2.43. The van der Waals surface area contributed by atoms with Crippen molar-refractivity contribution in [3.63, 3.8) is 0 Å². The molecule has 5 rings (SSSR count). The molecule has 0 radical (unpaired) electrons. The molecule has 0 aromatic heterocycles. The Bertz CT molecular complexity index is 1060. The minimum atomic E-state index is -0.952. The molecule has 0 bridgehead atoms. The van der Waals surface area contributed by atoms with Gasteiger partial charge in [-0.3, -0.25) is 9.79 Å². The van der Waals surface area contributed by atoms with Crippen molar-refractivity contribution in [3.8, 4) is 11.1 Å². The quantitative estimate of drug-likeness (QED) is 0.798. The van der Waals surface area contributed by atoms with Crippen LogP contribution in [0.15, 0.2) is 64.7 Å². The van der Waals surface area contributed by atoms with Gasteiger partial charge in [-0.05, 0) is 72.6 Å². The van der Waals surface area contributed by atoms with Gasteiger partial charge in [0.15, 0.2) is 0 Å². The van der Waals surface area contributed by atoms with Crippen LogP contribution in [0.2, 0.25) is 0 Å². The van der Waals surface area contributed by atoms with Gasteiger partial charge in [-0.25, -0.2) is 4.79 Å². The number of benzene rings is 2. The van der Waals surface area contributed by atoms with E-state index in [1.54, 1.807) is 18.2 Å². The van der Waals surface area contributed by atoms with E-state index < -0.39 is 5.97 Å². The normalized spacial score (nSPS) is 20.2. The first-order chi connectivity index (χ1) is 14.6. The minimum absolute atomic E-state index is 0.0829. The Morgan fingerprint density at radius 1 is 0.967 bits per heavy atom. The van der Waals surface area contributed by atoms with Crippen molar-refractivity contribution >= 4 is 18.1 Å². The van der Waals surface area contributed by atoms with Gasteiger partial charge in [0.2, 0.25) is 0 Å². The Balaban J connectivity index is 1.39. The first-order valence-electron chi connectivity index (χ1n) is 10.6. The number of carboxylic acids is 1. The van der Waals surface area contributed by atoms with Crippen molar-refractivity contribution in [1.82, 2.24) is 4.90 Å². The average Bonchev–Trinajstić information content (AvgIpc) is 3.49. The standard InChI is InChI=1S/C25H24N2O3/c28-24(27(20-11-12-20)21-10-9-18-14-26-15-19(18)13-21)17-7-5-16(6-8-17)22-3-1-2-4-23(22)25(29)30/h1-8,15,20-21H,9-14H2,(H,29,30). The third-order valence-electron chi connectivity index (χ3n) is 6.39. The lowest BCUT2D eigenvalue weighted by molar-refractivity contribution is 0.0643. The number of amides is 1. The fraction of sp³-hybridized carbons (Fsp3) is 0.320. The Kier molecular flexibility index (Phi) is 4.74. The van der Waals surface area contributed by atoms with Crippen LogP contribution in [-0.2, 0) is 0 Å². The van der Waals surface area contributed by atoms with Gasteiger partial charge in [-0.2, -0.15) is 0 Å². The first-order valence-corrected chi connectivity index (χ1v) is 10.6. The van der Waals surface area contributed by atoms with Crippen molar-refractivity contribution in [2.24, 2.45) is 4.99 Å². The van der Waals surface area contributed by atoms with Crippen LogP contribution in [0.4, 0.5) is 0 Å². The van der Waals surface area contributed by atoms with E-state index in [0.717, 1.165) is 44.2 Å². The van der Waals surface area contributed by atoms with Crippen molar-refractivity contribution in [1.29, 1.82) is 0 Å². The van der Waals surface area contributed by atoms with Crippen LogP contribution in [0.3, 0.4) is 0 Å². The highest BCUT2D eigenvalue weighted by atomic mass is 16.4. The largest absolute Gasteiger partial charge is 0.478 e. The number of hydrogen-bond acceptors (Lipinski definition) is 3. The maximum Gasteiger partial charge on any atom is 0.336 e. The van der Waals surface area contributed by atoms with Crippen LogP contribution >= 0.6 is 0 Å². The monoisotopic (exact) mass is 400 g/mol. The molecule has 5 heteroatoms. The molecular formula is C25H24N2O3. The number of aromatic carboxylic acids is 1. The molecular weight excluding hydrogens is 376 g/mol. The lowest BCUT2D eigenvalue weighted by atomic mass is 9.88. The zero-order valence-corrected chi connectivity index (χ0v) is 16.8. The summed E-state index contributed by atoms with van der Waals surface area (Å²) in [6.07, 6.45) is 7.09. The van der Waals surface area contributed by atoms with E-state index in [-0.39, 0.29) is 17.5 Å². The van der Waals surface area contributed by atoms with Crippen molar-refractivity contribution in [2.45, 2.75) is 44.2 Å². The van der Waals surface area contributed by atoms with Crippen LogP contribution in [-0.4, -0.2) is 46.7 Å². The summed E-state index contributed by atoms with van der Waals surface area (Å²) in [4.78, 5) is 31.5. The van der Waals surface area contributed by atoms with E-state index in [0.29, 0.717) is 17.2 Å². The second-order valence-electron chi connectivity index (χ2n) is 8.37. The fourth-order valence-corrected chi connectivity index (χ4v) is 4.67. The third kappa shape index (κ3) is 3.45. The number of aliphatic imine (C=N–C) groups is 1. The van der Waals surface area contributed by atoms with Gasteiger partial charge in [0.05, 0.1) is 12.1 Å². The molecule has 2 aliphatic carbocycles. The highest BCUT2D eigenvalue weighted by Gasteiger charge is 2.39. The van der Waals surface area contributed by atoms with Gasteiger partial charge in [0.25, 0.3) is 5.91 Å². The van der Waals surface area contributed by atoms with Crippen molar-refractivity contribution < 1.29 is 14.7 Å². The Morgan fingerprint density at radius 2 is 1.73 bits per heavy atom. The highest BCUT2D eigenvalue weighted by Crippen LogP contribution is 2.37. The van der Waals surface area contributed by atoms with Crippen LogP contribution in [0.5, 0.6) is 0 Å².